The van der Waals surface area contributed by atoms with E-state index in [0.717, 1.165) is 0 Å². The van der Waals surface area contributed by atoms with E-state index in [2.05, 4.69) is 9.47 Å². The van der Waals surface area contributed by atoms with Gasteiger partial charge < -0.3 is 19.3 Å². The summed E-state index contributed by atoms with van der Waals surface area (Å²) in [5.74, 6) is -1.04. The number of hydrogen-bond donors (Lipinski definition) is 1. The zero-order chi connectivity index (χ0) is 22.3. The summed E-state index contributed by atoms with van der Waals surface area (Å²) in [4.78, 5) is 22.5. The Balaban J connectivity index is 0.000000296. The van der Waals surface area contributed by atoms with Gasteiger partial charge in [0, 0.05) is 22.2 Å². The number of phenolic OH excluding ortho intramolecular Hbond substituents is 1. The molecule has 0 aliphatic rings. The minimum absolute atomic E-state index is 0.0502. The Morgan fingerprint density at radius 2 is 1.28 bits per heavy atom. The number of esters is 2. The first-order chi connectivity index (χ1) is 13.5. The smallest absolute Gasteiger partial charge is 0.339 e. The zero-order valence-electron chi connectivity index (χ0n) is 15.9. The van der Waals surface area contributed by atoms with Crippen molar-refractivity contribution in [2.45, 2.75) is 20.0 Å². The average Bonchev–Trinajstić information content (AvgIpc) is 2.66. The molecule has 0 aromatic heterocycles. The van der Waals surface area contributed by atoms with Gasteiger partial charge in [0.15, 0.2) is 0 Å². The molecule has 0 aliphatic heterocycles. The number of carbonyl (C=O) groups excluding carboxylic acids is 2. The van der Waals surface area contributed by atoms with E-state index in [1.54, 1.807) is 6.07 Å². The zero-order valence-corrected chi connectivity index (χ0v) is 18.9. The molecule has 158 valence electrons. The summed E-state index contributed by atoms with van der Waals surface area (Å²) < 4.78 is 14.5. The van der Waals surface area contributed by atoms with Gasteiger partial charge in [0.25, 0.3) is 0 Å². The van der Waals surface area contributed by atoms with Crippen molar-refractivity contribution in [3.8, 4) is 11.5 Å². The first-order valence-corrected chi connectivity index (χ1v) is 9.53. The predicted octanol–water partition coefficient (Wildman–Crippen LogP) is 6.05. The number of rotatable bonds is 4. The van der Waals surface area contributed by atoms with Gasteiger partial charge in [0.05, 0.1) is 41.5 Å². The Kier molecular flexibility index (Phi) is 9.86. The van der Waals surface area contributed by atoms with Crippen LogP contribution in [0.15, 0.2) is 24.3 Å². The number of ether oxygens (including phenoxy) is 3. The van der Waals surface area contributed by atoms with E-state index >= 15 is 0 Å². The molecule has 0 bridgehead atoms. The van der Waals surface area contributed by atoms with E-state index < -0.39 is 11.9 Å². The minimum Gasteiger partial charge on any atom is -0.506 e. The molecular formula is C19H18Cl4O6. The van der Waals surface area contributed by atoms with Crippen LogP contribution in [0.4, 0.5) is 0 Å². The average molecular weight is 484 g/mol. The van der Waals surface area contributed by atoms with Crippen molar-refractivity contribution >= 4 is 58.3 Å². The van der Waals surface area contributed by atoms with E-state index in [0.29, 0.717) is 10.8 Å². The summed E-state index contributed by atoms with van der Waals surface area (Å²) in [7, 11) is 2.50. The van der Waals surface area contributed by atoms with Crippen LogP contribution in [0.2, 0.25) is 20.1 Å². The molecule has 0 spiro atoms. The van der Waals surface area contributed by atoms with Gasteiger partial charge in [0.1, 0.15) is 11.5 Å². The molecule has 0 aliphatic carbocycles. The van der Waals surface area contributed by atoms with Gasteiger partial charge in [-0.3, -0.25) is 0 Å². The Morgan fingerprint density at radius 1 is 0.828 bits per heavy atom. The monoisotopic (exact) mass is 482 g/mol. The lowest BCUT2D eigenvalue weighted by Crippen LogP contribution is -2.08. The first-order valence-electron chi connectivity index (χ1n) is 8.02. The maximum atomic E-state index is 11.4. The second-order valence-corrected chi connectivity index (χ2v) is 7.33. The second-order valence-electron chi connectivity index (χ2n) is 5.70. The number of hydrogen-bond acceptors (Lipinski definition) is 6. The molecule has 0 heterocycles. The summed E-state index contributed by atoms with van der Waals surface area (Å²) in [6.45, 7) is 3.71. The van der Waals surface area contributed by atoms with Crippen LogP contribution in [0.25, 0.3) is 0 Å². The molecule has 0 saturated heterocycles. The number of methoxy groups -OCH3 is 2. The molecule has 2 rings (SSSR count). The second kappa shape index (κ2) is 11.4. The molecule has 0 unspecified atom stereocenters. The fourth-order valence-electron chi connectivity index (χ4n) is 2.00. The predicted molar refractivity (Wildman–Crippen MR) is 113 cm³/mol. The maximum Gasteiger partial charge on any atom is 0.339 e. The first kappa shape index (κ1) is 25.2. The van der Waals surface area contributed by atoms with Crippen LogP contribution in [0.5, 0.6) is 11.5 Å². The standard InChI is InChI=1S/C11H12Cl2O3.C8H6Cl2O3/c1-6(2)16-9-5-7(12)4-8(10(9)13)11(14)15-3;1-13-8(12)5-2-4(9)3-6(11)7(5)10/h4-6H,1-3H3;2-3,11H,1H3. The minimum atomic E-state index is -0.636. The van der Waals surface area contributed by atoms with Crippen LogP contribution in [0.1, 0.15) is 34.6 Å². The van der Waals surface area contributed by atoms with Gasteiger partial charge >= 0.3 is 11.9 Å². The highest BCUT2D eigenvalue weighted by Gasteiger charge is 2.17. The van der Waals surface area contributed by atoms with Crippen molar-refractivity contribution < 1.29 is 28.9 Å². The molecule has 0 amide bonds. The highest BCUT2D eigenvalue weighted by atomic mass is 35.5. The van der Waals surface area contributed by atoms with Crippen molar-refractivity contribution in [2.75, 3.05) is 14.2 Å². The summed E-state index contributed by atoms with van der Waals surface area (Å²) in [5, 5.41) is 9.95. The van der Waals surface area contributed by atoms with Gasteiger partial charge in [-0.1, -0.05) is 46.4 Å². The normalized spacial score (nSPS) is 10.1. The van der Waals surface area contributed by atoms with Crippen molar-refractivity contribution in [1.82, 2.24) is 0 Å². The largest absolute Gasteiger partial charge is 0.506 e. The summed E-state index contributed by atoms with van der Waals surface area (Å²) in [5.41, 5.74) is 0.251. The number of aromatic hydroxyl groups is 1. The Morgan fingerprint density at radius 3 is 1.72 bits per heavy atom. The Hall–Kier alpha value is -1.86. The highest BCUT2D eigenvalue weighted by Crippen LogP contribution is 2.33. The molecule has 10 heteroatoms. The van der Waals surface area contributed by atoms with Gasteiger partial charge in [-0.2, -0.15) is 0 Å². The number of halogens is 4. The lowest BCUT2D eigenvalue weighted by molar-refractivity contribution is 0.0591. The van der Waals surface area contributed by atoms with Gasteiger partial charge in [-0.25, -0.2) is 9.59 Å². The van der Waals surface area contributed by atoms with Crippen LogP contribution in [0, 0.1) is 0 Å². The third kappa shape index (κ3) is 7.16. The maximum absolute atomic E-state index is 11.4. The fraction of sp³-hybridized carbons (Fsp3) is 0.263. The van der Waals surface area contributed by atoms with E-state index in [-0.39, 0.29) is 38.0 Å². The highest BCUT2D eigenvalue weighted by molar-refractivity contribution is 6.37. The van der Waals surface area contributed by atoms with Crippen LogP contribution < -0.4 is 4.74 Å². The SMILES string of the molecule is COC(=O)c1cc(Cl)cc(O)c1Cl.COC(=O)c1cc(Cl)cc(OC(C)C)c1Cl. The van der Waals surface area contributed by atoms with Crippen molar-refractivity contribution in [3.05, 3.63) is 55.5 Å². The van der Waals surface area contributed by atoms with Gasteiger partial charge in [-0.15, -0.1) is 0 Å². The molecule has 2 aromatic rings. The van der Waals surface area contributed by atoms with Crippen LogP contribution in [0.3, 0.4) is 0 Å². The van der Waals surface area contributed by atoms with Crippen molar-refractivity contribution in [2.24, 2.45) is 0 Å². The van der Waals surface area contributed by atoms with Crippen molar-refractivity contribution in [1.29, 1.82) is 0 Å². The number of phenols is 1. The van der Waals surface area contributed by atoms with E-state index in [9.17, 15) is 14.7 Å². The topological polar surface area (TPSA) is 82.1 Å². The van der Waals surface area contributed by atoms with Crippen LogP contribution in [-0.2, 0) is 9.47 Å². The fourth-order valence-corrected chi connectivity index (χ4v) is 2.83. The van der Waals surface area contributed by atoms with E-state index in [1.807, 2.05) is 13.8 Å². The lowest BCUT2D eigenvalue weighted by Gasteiger charge is -2.13. The molecule has 1 N–H and O–H groups in total. The summed E-state index contributed by atoms with van der Waals surface area (Å²) >= 11 is 23.1. The van der Waals surface area contributed by atoms with Crippen molar-refractivity contribution in [3.63, 3.8) is 0 Å². The number of carbonyl (C=O) groups is 2. The van der Waals surface area contributed by atoms with Crippen LogP contribution in [-0.4, -0.2) is 37.4 Å². The van der Waals surface area contributed by atoms with Gasteiger partial charge in [-0.05, 0) is 26.0 Å². The molecule has 29 heavy (non-hydrogen) atoms. The molecule has 0 fully saturated rings. The van der Waals surface area contributed by atoms with E-state index in [1.165, 1.54) is 32.4 Å². The lowest BCUT2D eigenvalue weighted by atomic mass is 10.2. The summed E-state index contributed by atoms with van der Waals surface area (Å²) in [6, 6.07) is 5.59. The molecule has 0 saturated carbocycles. The molecule has 6 nitrogen and oxygen atoms in total. The third-order valence-electron chi connectivity index (χ3n) is 3.20. The third-order valence-corrected chi connectivity index (χ3v) is 4.42. The summed E-state index contributed by atoms with van der Waals surface area (Å²) in [6.07, 6.45) is -0.0542. The molecule has 0 atom stereocenters. The Bertz CT molecular complexity index is 899. The Labute approximate surface area is 188 Å². The van der Waals surface area contributed by atoms with Gasteiger partial charge in [0.2, 0.25) is 0 Å². The molecule has 0 radical (unpaired) electrons. The quantitative estimate of drug-likeness (QED) is 0.532. The van der Waals surface area contributed by atoms with Crippen LogP contribution >= 0.6 is 46.4 Å². The van der Waals surface area contributed by atoms with E-state index in [4.69, 9.17) is 51.1 Å². The number of benzene rings is 2. The molecule has 2 aromatic carbocycles. The molecular weight excluding hydrogens is 466 g/mol.